The molecule has 176 valence electrons. The van der Waals surface area contributed by atoms with Crippen molar-refractivity contribution in [1.82, 2.24) is 0 Å². The molecule has 0 aromatic rings. The number of fused-ring (bicyclic) bond motifs is 5. The highest BCUT2D eigenvalue weighted by Gasteiger charge is 2.59. The Hall–Kier alpha value is -0.720. The van der Waals surface area contributed by atoms with Crippen molar-refractivity contribution < 1.29 is 25.2 Å². The SMILES string of the molecule is C[C@H](OCC[C@](C)(O)CO)[C@H]1CC[C@H]2C3=CC=C4C[C@@H](O)C[C@H](O)[C@]4(C)[C@H]3CC[C@]12C. The van der Waals surface area contributed by atoms with Gasteiger partial charge in [-0.2, -0.15) is 0 Å². The number of aliphatic hydroxyl groups excluding tert-OH is 3. The van der Waals surface area contributed by atoms with Crippen LogP contribution in [0, 0.1) is 28.6 Å². The average molecular weight is 435 g/mol. The van der Waals surface area contributed by atoms with Crippen LogP contribution in [-0.2, 0) is 4.74 Å². The molecule has 9 atom stereocenters. The second kappa shape index (κ2) is 8.25. The van der Waals surface area contributed by atoms with Gasteiger partial charge in [-0.05, 0) is 69.1 Å². The lowest BCUT2D eigenvalue weighted by Crippen LogP contribution is -2.52. The van der Waals surface area contributed by atoms with Crippen LogP contribution in [0.5, 0.6) is 0 Å². The molecule has 0 bridgehead atoms. The van der Waals surface area contributed by atoms with Crippen LogP contribution in [0.1, 0.15) is 72.6 Å². The van der Waals surface area contributed by atoms with Gasteiger partial charge in [0.05, 0.1) is 30.5 Å². The zero-order valence-electron chi connectivity index (χ0n) is 19.7. The molecule has 4 aliphatic rings. The van der Waals surface area contributed by atoms with Gasteiger partial charge in [0.25, 0.3) is 0 Å². The standard InChI is InChI=1S/C26H42O5/c1-16(31-12-11-24(2,30)15-27)20-7-8-21-19-6-5-17-13-18(28)14-23(29)26(17,4)22(19)9-10-25(20,21)3/h5-6,16,18,20-23,27-30H,7-15H2,1-4H3/t16-,18+,20+,21-,22-,23-,24-,25+,26-/m0/s1. The first-order chi connectivity index (χ1) is 14.5. The topological polar surface area (TPSA) is 90.2 Å². The van der Waals surface area contributed by atoms with Gasteiger partial charge in [-0.15, -0.1) is 0 Å². The molecule has 5 heteroatoms. The first kappa shape index (κ1) is 23.4. The van der Waals surface area contributed by atoms with Gasteiger partial charge in [0, 0.05) is 24.9 Å². The molecule has 4 aliphatic carbocycles. The zero-order chi connectivity index (χ0) is 22.6. The number of allylic oxidation sites excluding steroid dienone is 3. The Balaban J connectivity index is 1.51. The Morgan fingerprint density at radius 3 is 2.61 bits per heavy atom. The fourth-order valence-corrected chi connectivity index (χ4v) is 7.52. The van der Waals surface area contributed by atoms with E-state index in [9.17, 15) is 20.4 Å². The van der Waals surface area contributed by atoms with Crippen LogP contribution in [0.25, 0.3) is 0 Å². The molecule has 3 saturated carbocycles. The summed E-state index contributed by atoms with van der Waals surface area (Å²) < 4.78 is 6.18. The predicted molar refractivity (Wildman–Crippen MR) is 120 cm³/mol. The van der Waals surface area contributed by atoms with Crippen molar-refractivity contribution in [3.63, 3.8) is 0 Å². The highest BCUT2D eigenvalue weighted by atomic mass is 16.5. The van der Waals surface area contributed by atoms with E-state index in [4.69, 9.17) is 4.74 Å². The van der Waals surface area contributed by atoms with E-state index in [1.54, 1.807) is 6.92 Å². The molecule has 0 heterocycles. The van der Waals surface area contributed by atoms with Crippen LogP contribution in [0.3, 0.4) is 0 Å². The lowest BCUT2D eigenvalue weighted by Gasteiger charge is -2.56. The minimum absolute atomic E-state index is 0.113. The maximum Gasteiger partial charge on any atom is 0.0871 e. The summed E-state index contributed by atoms with van der Waals surface area (Å²) >= 11 is 0. The maximum atomic E-state index is 11.0. The summed E-state index contributed by atoms with van der Waals surface area (Å²) in [6.07, 6.45) is 9.80. The molecular weight excluding hydrogens is 392 g/mol. The van der Waals surface area contributed by atoms with Gasteiger partial charge in [0.1, 0.15) is 0 Å². The Morgan fingerprint density at radius 2 is 1.90 bits per heavy atom. The molecule has 3 fully saturated rings. The summed E-state index contributed by atoms with van der Waals surface area (Å²) in [4.78, 5) is 0. The van der Waals surface area contributed by atoms with Crippen LogP contribution < -0.4 is 0 Å². The van der Waals surface area contributed by atoms with Crippen LogP contribution in [0.4, 0.5) is 0 Å². The van der Waals surface area contributed by atoms with Gasteiger partial charge in [0.15, 0.2) is 0 Å². The summed E-state index contributed by atoms with van der Waals surface area (Å²) in [6.45, 7) is 8.67. The molecule has 31 heavy (non-hydrogen) atoms. The number of hydrogen-bond acceptors (Lipinski definition) is 5. The fourth-order valence-electron chi connectivity index (χ4n) is 7.52. The molecular formula is C26H42O5. The highest BCUT2D eigenvalue weighted by Crippen LogP contribution is 2.65. The second-order valence-corrected chi connectivity index (χ2v) is 11.6. The summed E-state index contributed by atoms with van der Waals surface area (Å²) in [5, 5.41) is 40.5. The zero-order valence-corrected chi connectivity index (χ0v) is 19.7. The molecule has 0 aliphatic heterocycles. The molecule has 5 nitrogen and oxygen atoms in total. The van der Waals surface area contributed by atoms with Crippen molar-refractivity contribution in [2.75, 3.05) is 13.2 Å². The van der Waals surface area contributed by atoms with E-state index in [2.05, 4.69) is 32.9 Å². The van der Waals surface area contributed by atoms with Crippen LogP contribution in [0.15, 0.2) is 23.3 Å². The van der Waals surface area contributed by atoms with E-state index < -0.39 is 17.8 Å². The van der Waals surface area contributed by atoms with Gasteiger partial charge in [-0.3, -0.25) is 0 Å². The average Bonchev–Trinajstić information content (AvgIpc) is 3.06. The molecule has 0 radical (unpaired) electrons. The normalized spacial score (nSPS) is 45.0. The minimum Gasteiger partial charge on any atom is -0.393 e. The molecule has 0 amide bonds. The summed E-state index contributed by atoms with van der Waals surface area (Å²) in [6, 6.07) is 0. The van der Waals surface area contributed by atoms with E-state index in [1.165, 1.54) is 11.1 Å². The van der Waals surface area contributed by atoms with Gasteiger partial charge in [-0.1, -0.05) is 37.1 Å². The fraction of sp³-hybridized carbons (Fsp3) is 0.846. The second-order valence-electron chi connectivity index (χ2n) is 11.6. The van der Waals surface area contributed by atoms with Crippen molar-refractivity contribution in [2.24, 2.45) is 28.6 Å². The van der Waals surface area contributed by atoms with Crippen molar-refractivity contribution in [3.8, 4) is 0 Å². The van der Waals surface area contributed by atoms with Crippen LogP contribution in [-0.4, -0.2) is 57.6 Å². The van der Waals surface area contributed by atoms with Crippen molar-refractivity contribution in [3.05, 3.63) is 23.3 Å². The van der Waals surface area contributed by atoms with E-state index in [0.717, 1.165) is 25.7 Å². The van der Waals surface area contributed by atoms with Crippen molar-refractivity contribution in [2.45, 2.75) is 96.6 Å². The minimum atomic E-state index is -1.08. The molecule has 0 unspecified atom stereocenters. The third-order valence-corrected chi connectivity index (χ3v) is 9.65. The Bertz CT molecular complexity index is 742. The smallest absolute Gasteiger partial charge is 0.0871 e. The van der Waals surface area contributed by atoms with E-state index in [-0.39, 0.29) is 23.5 Å². The Kier molecular flexibility index (Phi) is 6.24. The van der Waals surface area contributed by atoms with Crippen LogP contribution in [0.2, 0.25) is 0 Å². The monoisotopic (exact) mass is 434 g/mol. The third-order valence-electron chi connectivity index (χ3n) is 9.65. The Labute approximate surface area is 187 Å². The molecule has 0 aromatic heterocycles. The number of rotatable bonds is 6. The van der Waals surface area contributed by atoms with Crippen molar-refractivity contribution in [1.29, 1.82) is 0 Å². The lowest BCUT2D eigenvalue weighted by molar-refractivity contribution is -0.0751. The highest BCUT2D eigenvalue weighted by molar-refractivity contribution is 5.40. The van der Waals surface area contributed by atoms with Crippen LogP contribution >= 0.6 is 0 Å². The molecule has 0 aromatic carbocycles. The summed E-state index contributed by atoms with van der Waals surface area (Å²) in [7, 11) is 0. The van der Waals surface area contributed by atoms with E-state index in [0.29, 0.717) is 43.6 Å². The molecule has 4 N–H and O–H groups in total. The Morgan fingerprint density at radius 1 is 1.16 bits per heavy atom. The summed E-state index contributed by atoms with van der Waals surface area (Å²) in [5.74, 6) is 1.34. The molecule has 0 spiro atoms. The van der Waals surface area contributed by atoms with Gasteiger partial charge in [0.2, 0.25) is 0 Å². The summed E-state index contributed by atoms with van der Waals surface area (Å²) in [5.41, 5.74) is 1.58. The predicted octanol–water partition coefficient (Wildman–Crippen LogP) is 3.36. The van der Waals surface area contributed by atoms with Gasteiger partial charge in [-0.25, -0.2) is 0 Å². The van der Waals surface area contributed by atoms with Gasteiger partial charge < -0.3 is 25.2 Å². The third kappa shape index (κ3) is 3.85. The first-order valence-corrected chi connectivity index (χ1v) is 12.2. The van der Waals surface area contributed by atoms with Gasteiger partial charge >= 0.3 is 0 Å². The largest absolute Gasteiger partial charge is 0.393 e. The number of hydrogen-bond donors (Lipinski definition) is 4. The number of ether oxygens (including phenoxy) is 1. The molecule has 0 saturated heterocycles. The van der Waals surface area contributed by atoms with E-state index >= 15 is 0 Å². The quantitative estimate of drug-likeness (QED) is 0.515. The van der Waals surface area contributed by atoms with Crippen molar-refractivity contribution >= 4 is 0 Å². The lowest BCUT2D eigenvalue weighted by atomic mass is 9.49. The number of aliphatic hydroxyl groups is 4. The first-order valence-electron chi connectivity index (χ1n) is 12.2. The maximum absolute atomic E-state index is 11.0. The molecule has 4 rings (SSSR count). The van der Waals surface area contributed by atoms with E-state index in [1.807, 2.05) is 0 Å².